The summed E-state index contributed by atoms with van der Waals surface area (Å²) < 4.78 is 0. The van der Waals surface area contributed by atoms with Gasteiger partial charge in [-0.1, -0.05) is 51.5 Å². The number of hydrogen-bond acceptors (Lipinski definition) is 1. The first kappa shape index (κ1) is 13.6. The number of aryl methyl sites for hydroxylation is 2. The smallest absolute Gasteiger partial charge is 0.0359 e. The zero-order valence-electron chi connectivity index (χ0n) is 12.9. The predicted octanol–water partition coefficient (Wildman–Crippen LogP) is 4.25. The van der Waals surface area contributed by atoms with E-state index in [1.807, 2.05) is 0 Å². The third-order valence-corrected chi connectivity index (χ3v) is 5.55. The summed E-state index contributed by atoms with van der Waals surface area (Å²) in [5.74, 6) is 0.704. The van der Waals surface area contributed by atoms with Crippen LogP contribution in [0, 0.1) is 30.6 Å². The van der Waals surface area contributed by atoms with Crippen molar-refractivity contribution in [1.29, 1.82) is 0 Å². The maximum atomic E-state index is 3.56. The van der Waals surface area contributed by atoms with Crippen LogP contribution in [-0.2, 0) is 0 Å². The van der Waals surface area contributed by atoms with Crippen LogP contribution >= 0.6 is 0 Å². The summed E-state index contributed by atoms with van der Waals surface area (Å²) in [6, 6.07) is 7.27. The molecule has 0 radical (unpaired) electrons. The molecule has 1 fully saturated rings. The Morgan fingerprint density at radius 2 is 1.61 bits per heavy atom. The molecule has 2 rings (SSSR count). The molecule has 18 heavy (non-hydrogen) atoms. The molecule has 0 saturated heterocycles. The monoisotopic (exact) mass is 245 g/mol. The normalized spacial score (nSPS) is 22.8. The van der Waals surface area contributed by atoms with Gasteiger partial charge in [-0.3, -0.25) is 0 Å². The first-order valence-electron chi connectivity index (χ1n) is 6.98. The van der Waals surface area contributed by atoms with Crippen molar-refractivity contribution < 1.29 is 0 Å². The van der Waals surface area contributed by atoms with Crippen molar-refractivity contribution in [3.05, 3.63) is 34.9 Å². The molecule has 0 heterocycles. The second-order valence-corrected chi connectivity index (χ2v) is 7.05. The predicted molar refractivity (Wildman–Crippen MR) is 78.8 cm³/mol. The zero-order chi connectivity index (χ0) is 13.7. The van der Waals surface area contributed by atoms with Crippen molar-refractivity contribution in [1.82, 2.24) is 5.32 Å². The van der Waals surface area contributed by atoms with E-state index in [1.165, 1.54) is 16.7 Å². The van der Waals surface area contributed by atoms with Crippen molar-refractivity contribution in [2.75, 3.05) is 7.05 Å². The molecule has 1 atom stereocenters. The van der Waals surface area contributed by atoms with E-state index < -0.39 is 0 Å². The molecule has 1 aliphatic carbocycles. The number of benzene rings is 1. The molecule has 0 amide bonds. The number of rotatable bonds is 3. The number of nitrogens with one attached hydrogen (secondary N) is 1. The van der Waals surface area contributed by atoms with Gasteiger partial charge in [0.25, 0.3) is 0 Å². The molecule has 100 valence electrons. The minimum Gasteiger partial charge on any atom is -0.313 e. The highest BCUT2D eigenvalue weighted by Crippen LogP contribution is 2.72. The molecule has 0 aromatic heterocycles. The van der Waals surface area contributed by atoms with Crippen LogP contribution in [0.5, 0.6) is 0 Å². The van der Waals surface area contributed by atoms with E-state index in [2.05, 4.69) is 72.1 Å². The van der Waals surface area contributed by atoms with Crippen LogP contribution in [0.3, 0.4) is 0 Å². The molecular weight excluding hydrogens is 218 g/mol. The summed E-state index contributed by atoms with van der Waals surface area (Å²) in [4.78, 5) is 0. The van der Waals surface area contributed by atoms with Gasteiger partial charge in [-0.15, -0.1) is 0 Å². The Hall–Kier alpha value is -0.820. The average Bonchev–Trinajstić information content (AvgIpc) is 2.67. The second-order valence-electron chi connectivity index (χ2n) is 7.05. The van der Waals surface area contributed by atoms with Crippen molar-refractivity contribution in [2.24, 2.45) is 16.7 Å². The molecule has 1 nitrogen and oxygen atoms in total. The van der Waals surface area contributed by atoms with Gasteiger partial charge in [0, 0.05) is 6.04 Å². The molecule has 1 aromatic carbocycles. The van der Waals surface area contributed by atoms with E-state index in [9.17, 15) is 0 Å². The fourth-order valence-electron chi connectivity index (χ4n) is 3.68. The van der Waals surface area contributed by atoms with Gasteiger partial charge in [0.05, 0.1) is 0 Å². The van der Waals surface area contributed by atoms with Crippen LogP contribution in [0.1, 0.15) is 50.4 Å². The Morgan fingerprint density at radius 3 is 2.06 bits per heavy atom. The summed E-state index contributed by atoms with van der Waals surface area (Å²) in [5.41, 5.74) is 5.06. The summed E-state index contributed by atoms with van der Waals surface area (Å²) >= 11 is 0. The molecule has 1 aliphatic rings. The summed E-state index contributed by atoms with van der Waals surface area (Å²) in [6.45, 7) is 14.0. The highest BCUT2D eigenvalue weighted by molar-refractivity contribution is 5.36. The second kappa shape index (κ2) is 4.09. The first-order valence-corrected chi connectivity index (χ1v) is 6.98. The molecule has 1 N–H and O–H groups in total. The minimum atomic E-state index is 0.414. The molecular formula is C17H27N. The van der Waals surface area contributed by atoms with Crippen LogP contribution in [0.4, 0.5) is 0 Å². The standard InChI is InChI=1S/C17H27N/c1-11-8-9-12(2)13(10-11)14(18-7)15-16(3,4)17(15,5)6/h8-10,14-15,18H,1-7H3. The number of hydrogen-bond donors (Lipinski definition) is 1. The van der Waals surface area contributed by atoms with Crippen molar-refractivity contribution in [3.63, 3.8) is 0 Å². The largest absolute Gasteiger partial charge is 0.313 e. The Balaban J connectivity index is 2.39. The third kappa shape index (κ3) is 1.80. The summed E-state index contributed by atoms with van der Waals surface area (Å²) in [5, 5.41) is 3.56. The van der Waals surface area contributed by atoms with Crippen molar-refractivity contribution in [3.8, 4) is 0 Å². The Morgan fingerprint density at radius 1 is 1.06 bits per heavy atom. The summed E-state index contributed by atoms with van der Waals surface area (Å²) in [7, 11) is 2.09. The van der Waals surface area contributed by atoms with Crippen molar-refractivity contribution in [2.45, 2.75) is 47.6 Å². The van der Waals surface area contributed by atoms with Crippen molar-refractivity contribution >= 4 is 0 Å². The van der Waals surface area contributed by atoms with E-state index in [0.29, 0.717) is 22.8 Å². The maximum absolute atomic E-state index is 3.56. The lowest BCUT2D eigenvalue weighted by molar-refractivity contribution is 0.436. The van der Waals surface area contributed by atoms with Crippen LogP contribution < -0.4 is 5.32 Å². The fourth-order valence-corrected chi connectivity index (χ4v) is 3.68. The maximum Gasteiger partial charge on any atom is 0.0359 e. The quantitative estimate of drug-likeness (QED) is 0.839. The minimum absolute atomic E-state index is 0.414. The molecule has 0 spiro atoms. The van der Waals surface area contributed by atoms with Gasteiger partial charge < -0.3 is 5.32 Å². The van der Waals surface area contributed by atoms with Crippen LogP contribution in [0.2, 0.25) is 0 Å². The molecule has 1 heteroatoms. The van der Waals surface area contributed by atoms with Gasteiger partial charge >= 0.3 is 0 Å². The molecule has 1 unspecified atom stereocenters. The molecule has 1 saturated carbocycles. The molecule has 1 aromatic rings. The van der Waals surface area contributed by atoms with Gasteiger partial charge in [-0.2, -0.15) is 0 Å². The highest BCUT2D eigenvalue weighted by Gasteiger charge is 2.67. The van der Waals surface area contributed by atoms with E-state index in [-0.39, 0.29) is 0 Å². The van der Waals surface area contributed by atoms with E-state index in [4.69, 9.17) is 0 Å². The fraction of sp³-hybridized carbons (Fsp3) is 0.647. The highest BCUT2D eigenvalue weighted by atomic mass is 14.9. The van der Waals surface area contributed by atoms with E-state index in [0.717, 1.165) is 0 Å². The van der Waals surface area contributed by atoms with Gasteiger partial charge in [0.1, 0.15) is 0 Å². The first-order chi connectivity index (χ1) is 8.23. The third-order valence-electron chi connectivity index (χ3n) is 5.55. The Labute approximate surface area is 112 Å². The van der Waals surface area contributed by atoms with Gasteiger partial charge in [-0.05, 0) is 48.8 Å². The SMILES string of the molecule is CNC(c1cc(C)ccc1C)C1C(C)(C)C1(C)C. The van der Waals surface area contributed by atoms with Crippen LogP contribution in [0.25, 0.3) is 0 Å². The summed E-state index contributed by atoms with van der Waals surface area (Å²) in [6.07, 6.45) is 0. The van der Waals surface area contributed by atoms with E-state index >= 15 is 0 Å². The average molecular weight is 245 g/mol. The van der Waals surface area contributed by atoms with Gasteiger partial charge in [0.15, 0.2) is 0 Å². The van der Waals surface area contributed by atoms with Gasteiger partial charge in [-0.25, -0.2) is 0 Å². The van der Waals surface area contributed by atoms with Crippen LogP contribution in [-0.4, -0.2) is 7.05 Å². The lowest BCUT2D eigenvalue weighted by atomic mass is 9.92. The lowest BCUT2D eigenvalue weighted by Gasteiger charge is -2.22. The molecule has 0 aliphatic heterocycles. The zero-order valence-corrected chi connectivity index (χ0v) is 12.9. The Kier molecular flexibility index (Phi) is 3.09. The Bertz CT molecular complexity index is 443. The lowest BCUT2D eigenvalue weighted by Crippen LogP contribution is -2.22. The molecule has 0 bridgehead atoms. The topological polar surface area (TPSA) is 12.0 Å². The van der Waals surface area contributed by atoms with Gasteiger partial charge in [0.2, 0.25) is 0 Å². The van der Waals surface area contributed by atoms with E-state index in [1.54, 1.807) is 0 Å². The van der Waals surface area contributed by atoms with Crippen LogP contribution in [0.15, 0.2) is 18.2 Å².